The summed E-state index contributed by atoms with van der Waals surface area (Å²) < 4.78 is 40.3. The topological polar surface area (TPSA) is 96.0 Å². The number of quaternary nitrogens is 1. The molecule has 0 spiro atoms. The van der Waals surface area contributed by atoms with E-state index in [9.17, 15) is 4.79 Å². The fraction of sp³-hybridized carbons (Fsp3) is 0.480. The predicted molar refractivity (Wildman–Crippen MR) is 122 cm³/mol. The van der Waals surface area contributed by atoms with Crippen molar-refractivity contribution in [3.05, 3.63) is 71.8 Å². The van der Waals surface area contributed by atoms with Gasteiger partial charge in [0, 0.05) is 19.1 Å². The minimum atomic E-state index is -3.92. The van der Waals surface area contributed by atoms with Gasteiger partial charge in [-0.15, -0.1) is 0 Å². The normalized spacial score (nSPS) is 29.3. The number of nitrogens with zero attached hydrogens (tertiary/aromatic N) is 1. The van der Waals surface area contributed by atoms with E-state index in [0.29, 0.717) is 30.5 Å². The minimum Gasteiger partial charge on any atom is -0.748 e. The summed E-state index contributed by atoms with van der Waals surface area (Å²) in [6, 6.07) is 20.8. The number of benzene rings is 2. The van der Waals surface area contributed by atoms with Crippen LogP contribution in [0.2, 0.25) is 0 Å². The highest BCUT2D eigenvalue weighted by atomic mass is 32.2. The quantitative estimate of drug-likeness (QED) is 0.293. The third-order valence-electron chi connectivity index (χ3n) is 7.42. The van der Waals surface area contributed by atoms with Crippen molar-refractivity contribution < 1.29 is 31.7 Å². The van der Waals surface area contributed by atoms with Gasteiger partial charge < -0.3 is 18.5 Å². The van der Waals surface area contributed by atoms with Crippen LogP contribution in [0.15, 0.2) is 60.7 Å². The van der Waals surface area contributed by atoms with Crippen molar-refractivity contribution in [3.63, 3.8) is 0 Å². The van der Waals surface area contributed by atoms with Crippen LogP contribution in [0, 0.1) is 0 Å². The smallest absolute Gasteiger partial charge is 0.321 e. The number of carbonyl (C=O) groups is 1. The van der Waals surface area contributed by atoms with Crippen molar-refractivity contribution in [2.45, 2.75) is 55.6 Å². The second-order valence-corrected chi connectivity index (χ2v) is 11.3. The van der Waals surface area contributed by atoms with Crippen molar-refractivity contribution in [1.29, 1.82) is 0 Å². The molecule has 178 valence electrons. The Hall–Kier alpha value is -2.26. The van der Waals surface area contributed by atoms with E-state index >= 15 is 0 Å². The van der Waals surface area contributed by atoms with Gasteiger partial charge in [0.05, 0.1) is 24.2 Å². The number of hydrogen-bond donors (Lipinski definition) is 0. The first-order chi connectivity index (χ1) is 15.4. The highest BCUT2D eigenvalue weighted by molar-refractivity contribution is 7.84. The summed E-state index contributed by atoms with van der Waals surface area (Å²) in [5, 5.41) is 0. The van der Waals surface area contributed by atoms with Crippen LogP contribution in [0.3, 0.4) is 0 Å². The van der Waals surface area contributed by atoms with Crippen LogP contribution < -0.4 is 0 Å². The first-order valence-electron chi connectivity index (χ1n) is 11.1. The van der Waals surface area contributed by atoms with Crippen LogP contribution in [0.25, 0.3) is 0 Å². The van der Waals surface area contributed by atoms with Crippen LogP contribution in [-0.2, 0) is 29.8 Å². The molecular weight excluding hydrogens is 442 g/mol. The zero-order valence-corrected chi connectivity index (χ0v) is 20.2. The molecule has 0 N–H and O–H groups in total. The van der Waals surface area contributed by atoms with Crippen molar-refractivity contribution >= 4 is 16.1 Å². The van der Waals surface area contributed by atoms with E-state index in [2.05, 4.69) is 14.1 Å². The van der Waals surface area contributed by atoms with E-state index in [0.717, 1.165) is 28.5 Å². The molecular formula is C25H31NO6S. The molecule has 3 heterocycles. The van der Waals surface area contributed by atoms with Crippen LogP contribution in [0.1, 0.15) is 30.9 Å². The third-order valence-corrected chi connectivity index (χ3v) is 7.42. The lowest BCUT2D eigenvalue weighted by molar-refractivity contribution is -0.938. The molecule has 3 unspecified atom stereocenters. The molecule has 3 saturated heterocycles. The number of carbonyl (C=O) groups excluding carboxylic acids is 1. The van der Waals surface area contributed by atoms with Crippen molar-refractivity contribution in [1.82, 2.24) is 0 Å². The standard InChI is InChI=1S/C24H28NO3.CH4O3S/c1-24(16-10-6-4-7-11-16,17-12-8-5-9-13-17)23(26)27-18-14-19-21-22(28-21)20(15-18)25(19,2)3;1-5(2,3)4/h4-13,18-22H,14-15H2,1-3H3;1H3,(H,2,3,4)/q+1;/p-1/t18?,19-,20?,21-,22?;/m0./s1. The Morgan fingerprint density at radius 1 is 0.970 bits per heavy atom. The Morgan fingerprint density at radius 3 is 1.76 bits per heavy atom. The SMILES string of the molecule is CC(C(=O)OC1CC2C3O[C@H]3[C@H](C1)[N+]2(C)C)(c1ccccc1)c1ccccc1.CS(=O)(=O)[O-]. The van der Waals surface area contributed by atoms with Gasteiger partial charge in [0.2, 0.25) is 0 Å². The summed E-state index contributed by atoms with van der Waals surface area (Å²) in [4.78, 5) is 13.6. The van der Waals surface area contributed by atoms with E-state index < -0.39 is 15.5 Å². The van der Waals surface area contributed by atoms with Gasteiger partial charge in [-0.05, 0) is 18.1 Å². The highest BCUT2D eigenvalue weighted by Crippen LogP contribution is 2.52. The van der Waals surface area contributed by atoms with Crippen LogP contribution in [-0.4, -0.2) is 74.2 Å². The monoisotopic (exact) mass is 473 g/mol. The molecule has 0 aliphatic carbocycles. The average molecular weight is 474 g/mol. The molecule has 3 fully saturated rings. The number of hydrogen-bond acceptors (Lipinski definition) is 6. The van der Waals surface area contributed by atoms with E-state index in [1.807, 2.05) is 67.6 Å². The van der Waals surface area contributed by atoms with E-state index in [-0.39, 0.29) is 12.1 Å². The molecule has 5 atom stereocenters. The molecule has 33 heavy (non-hydrogen) atoms. The molecule has 8 heteroatoms. The van der Waals surface area contributed by atoms with Crippen molar-refractivity contribution in [2.24, 2.45) is 0 Å². The van der Waals surface area contributed by atoms with Crippen molar-refractivity contribution in [3.8, 4) is 0 Å². The van der Waals surface area contributed by atoms with Gasteiger partial charge in [-0.1, -0.05) is 60.7 Å². The van der Waals surface area contributed by atoms with Crippen LogP contribution in [0.4, 0.5) is 0 Å². The molecule has 2 bridgehead atoms. The summed E-state index contributed by atoms with van der Waals surface area (Å²) in [6.45, 7) is 1.98. The third kappa shape index (κ3) is 4.71. The Morgan fingerprint density at radius 2 is 1.36 bits per heavy atom. The van der Waals surface area contributed by atoms with E-state index in [1.54, 1.807) is 0 Å². The zero-order valence-electron chi connectivity index (χ0n) is 19.4. The Bertz CT molecular complexity index is 1030. The maximum Gasteiger partial charge on any atom is 0.321 e. The lowest BCUT2D eigenvalue weighted by Crippen LogP contribution is -2.60. The summed E-state index contributed by atoms with van der Waals surface area (Å²) in [7, 11) is 0.669. The number of rotatable bonds is 4. The summed E-state index contributed by atoms with van der Waals surface area (Å²) in [5.41, 5.74) is 1.11. The second-order valence-electron chi connectivity index (χ2n) is 9.89. The number of esters is 1. The molecule has 0 amide bonds. The largest absolute Gasteiger partial charge is 0.748 e. The highest BCUT2D eigenvalue weighted by Gasteiger charge is 2.70. The minimum absolute atomic E-state index is 0.0307. The van der Waals surface area contributed by atoms with Gasteiger partial charge in [0.25, 0.3) is 0 Å². The molecule has 7 nitrogen and oxygen atoms in total. The van der Waals surface area contributed by atoms with Crippen LogP contribution >= 0.6 is 0 Å². The molecule has 3 aliphatic rings. The Kier molecular flexibility index (Phi) is 6.16. The van der Waals surface area contributed by atoms with E-state index in [4.69, 9.17) is 22.4 Å². The molecule has 5 rings (SSSR count). The first kappa shape index (κ1) is 23.9. The van der Waals surface area contributed by atoms with Gasteiger partial charge in [0.15, 0.2) is 0 Å². The predicted octanol–water partition coefficient (Wildman–Crippen LogP) is 2.45. The maximum absolute atomic E-state index is 13.6. The molecule has 0 saturated carbocycles. The second kappa shape index (κ2) is 8.51. The number of ether oxygens (including phenoxy) is 2. The molecule has 0 aromatic heterocycles. The summed E-state index contributed by atoms with van der Waals surface area (Å²) in [5.74, 6) is -0.156. The van der Waals surface area contributed by atoms with Crippen molar-refractivity contribution in [2.75, 3.05) is 20.4 Å². The number of epoxide rings is 1. The Labute approximate surface area is 195 Å². The van der Waals surface area contributed by atoms with Gasteiger partial charge in [-0.2, -0.15) is 0 Å². The summed E-state index contributed by atoms with van der Waals surface area (Å²) in [6.07, 6.45) is 3.06. The lowest BCUT2D eigenvalue weighted by Gasteiger charge is -2.45. The number of fused-ring (bicyclic) bond motifs is 5. The lowest BCUT2D eigenvalue weighted by atomic mass is 9.76. The number of morpholine rings is 1. The fourth-order valence-corrected chi connectivity index (χ4v) is 5.52. The van der Waals surface area contributed by atoms with Gasteiger partial charge in [0.1, 0.15) is 35.8 Å². The fourth-order valence-electron chi connectivity index (χ4n) is 5.52. The van der Waals surface area contributed by atoms with E-state index in [1.165, 1.54) is 0 Å². The van der Waals surface area contributed by atoms with Gasteiger partial charge >= 0.3 is 5.97 Å². The maximum atomic E-state index is 13.6. The van der Waals surface area contributed by atoms with Gasteiger partial charge in [-0.25, -0.2) is 8.42 Å². The molecule has 3 aliphatic heterocycles. The zero-order chi connectivity index (χ0) is 24.0. The molecule has 2 aromatic carbocycles. The average Bonchev–Trinajstić information content (AvgIpc) is 3.52. The summed E-state index contributed by atoms with van der Waals surface area (Å²) >= 11 is 0. The molecule has 0 radical (unpaired) electrons. The number of likely N-dealkylation sites (N-methyl/N-ethyl adjacent to an activating group) is 1. The van der Waals surface area contributed by atoms with Gasteiger partial charge in [-0.3, -0.25) is 4.79 Å². The number of piperidine rings is 1. The first-order valence-corrected chi connectivity index (χ1v) is 13.0. The molecule has 2 aromatic rings. The Balaban J connectivity index is 0.000000471. The van der Waals surface area contributed by atoms with Crippen LogP contribution in [0.5, 0.6) is 0 Å².